The third kappa shape index (κ3) is 4.33. The van der Waals surface area contributed by atoms with Crippen molar-refractivity contribution in [3.8, 4) is 0 Å². The van der Waals surface area contributed by atoms with E-state index in [0.29, 0.717) is 13.1 Å². The number of carbonyl (C=O) groups is 1. The van der Waals surface area contributed by atoms with Crippen LogP contribution in [0.2, 0.25) is 0 Å². The fourth-order valence-electron chi connectivity index (χ4n) is 2.05. The molecule has 0 saturated heterocycles. The fraction of sp³-hybridized carbons (Fsp3) is 0.235. The van der Waals surface area contributed by atoms with Crippen LogP contribution in [0.4, 0.5) is 10.5 Å². The second-order valence-electron chi connectivity index (χ2n) is 4.91. The molecule has 1 N–H and O–H groups in total. The number of anilines is 1. The minimum Gasteiger partial charge on any atom is -0.320 e. The highest BCUT2D eigenvalue weighted by molar-refractivity contribution is 9.10. The van der Waals surface area contributed by atoms with E-state index in [1.54, 1.807) is 4.90 Å². The predicted octanol–water partition coefficient (Wildman–Crippen LogP) is 4.81. The number of hydrogen-bond acceptors (Lipinski definition) is 1. The van der Waals surface area contributed by atoms with Gasteiger partial charge in [-0.15, -0.1) is 0 Å². The first-order valence-electron chi connectivity index (χ1n) is 6.96. The van der Waals surface area contributed by atoms with E-state index in [2.05, 4.69) is 21.2 Å². The van der Waals surface area contributed by atoms with Gasteiger partial charge >= 0.3 is 6.03 Å². The van der Waals surface area contributed by atoms with Crippen molar-refractivity contribution in [1.29, 1.82) is 0 Å². The lowest BCUT2D eigenvalue weighted by molar-refractivity contribution is 0.212. The van der Waals surface area contributed by atoms with Gasteiger partial charge in [-0.05, 0) is 53.0 Å². The minimum atomic E-state index is -0.0918. The summed E-state index contributed by atoms with van der Waals surface area (Å²) in [5.41, 5.74) is 3.06. The molecule has 0 unspecified atom stereocenters. The summed E-state index contributed by atoms with van der Waals surface area (Å²) < 4.78 is 0.895. The van der Waals surface area contributed by atoms with Crippen LogP contribution in [0.15, 0.2) is 53.0 Å². The van der Waals surface area contributed by atoms with E-state index in [9.17, 15) is 4.79 Å². The summed E-state index contributed by atoms with van der Waals surface area (Å²) in [6.45, 7) is 5.26. The molecule has 0 radical (unpaired) electrons. The smallest absolute Gasteiger partial charge is 0.320 e. The number of nitrogens with zero attached hydrogens (tertiary/aromatic N) is 1. The van der Waals surface area contributed by atoms with Crippen molar-refractivity contribution in [3.63, 3.8) is 0 Å². The SMILES string of the molecule is CCN(Cc1ccccc1)C(=O)Nc1ccc(C)cc1Br. The molecule has 2 aromatic rings. The highest BCUT2D eigenvalue weighted by Gasteiger charge is 2.13. The van der Waals surface area contributed by atoms with Gasteiger partial charge in [0.15, 0.2) is 0 Å². The highest BCUT2D eigenvalue weighted by atomic mass is 79.9. The van der Waals surface area contributed by atoms with Crippen LogP contribution in [0.3, 0.4) is 0 Å². The summed E-state index contributed by atoms with van der Waals surface area (Å²) in [7, 11) is 0. The number of benzene rings is 2. The molecule has 0 aromatic heterocycles. The van der Waals surface area contributed by atoms with Crippen LogP contribution in [-0.4, -0.2) is 17.5 Å². The number of urea groups is 1. The molecule has 2 amide bonds. The summed E-state index contributed by atoms with van der Waals surface area (Å²) in [6.07, 6.45) is 0. The average molecular weight is 347 g/mol. The lowest BCUT2D eigenvalue weighted by Crippen LogP contribution is -2.34. The van der Waals surface area contributed by atoms with E-state index in [4.69, 9.17) is 0 Å². The molecular formula is C17H19BrN2O. The fourth-order valence-corrected chi connectivity index (χ4v) is 2.64. The normalized spacial score (nSPS) is 10.2. The molecule has 0 saturated carbocycles. The molecule has 3 nitrogen and oxygen atoms in total. The van der Waals surface area contributed by atoms with Gasteiger partial charge in [-0.25, -0.2) is 4.79 Å². The van der Waals surface area contributed by atoms with Crippen LogP contribution >= 0.6 is 15.9 Å². The topological polar surface area (TPSA) is 32.3 Å². The average Bonchev–Trinajstić information content (AvgIpc) is 2.48. The zero-order valence-electron chi connectivity index (χ0n) is 12.3. The zero-order chi connectivity index (χ0) is 15.2. The quantitative estimate of drug-likeness (QED) is 0.846. The molecule has 110 valence electrons. The third-order valence-corrected chi connectivity index (χ3v) is 3.91. The molecule has 0 fully saturated rings. The van der Waals surface area contributed by atoms with E-state index in [-0.39, 0.29) is 6.03 Å². The minimum absolute atomic E-state index is 0.0918. The van der Waals surface area contributed by atoms with E-state index in [1.807, 2.05) is 62.4 Å². The molecule has 0 aliphatic rings. The molecule has 0 aliphatic heterocycles. The van der Waals surface area contributed by atoms with Crippen molar-refractivity contribution in [3.05, 3.63) is 64.1 Å². The molecular weight excluding hydrogens is 328 g/mol. The summed E-state index contributed by atoms with van der Waals surface area (Å²) in [5, 5.41) is 2.95. The van der Waals surface area contributed by atoms with Gasteiger partial charge in [0.25, 0.3) is 0 Å². The molecule has 4 heteroatoms. The Balaban J connectivity index is 2.06. The van der Waals surface area contributed by atoms with Crippen LogP contribution in [0.1, 0.15) is 18.1 Å². The molecule has 0 atom stereocenters. The lowest BCUT2D eigenvalue weighted by Gasteiger charge is -2.22. The molecule has 0 heterocycles. The summed E-state index contributed by atoms with van der Waals surface area (Å²) in [6, 6.07) is 15.8. The summed E-state index contributed by atoms with van der Waals surface area (Å²) in [5.74, 6) is 0. The maximum Gasteiger partial charge on any atom is 0.322 e. The van der Waals surface area contributed by atoms with Crippen LogP contribution in [-0.2, 0) is 6.54 Å². The van der Waals surface area contributed by atoms with Crippen LogP contribution in [0, 0.1) is 6.92 Å². The Morgan fingerprint density at radius 3 is 2.52 bits per heavy atom. The van der Waals surface area contributed by atoms with E-state index >= 15 is 0 Å². The van der Waals surface area contributed by atoms with Crippen molar-refractivity contribution in [2.45, 2.75) is 20.4 Å². The molecule has 0 aliphatic carbocycles. The van der Waals surface area contributed by atoms with Gasteiger partial charge in [0.05, 0.1) is 5.69 Å². The van der Waals surface area contributed by atoms with Gasteiger partial charge < -0.3 is 10.2 Å². The molecule has 2 aromatic carbocycles. The van der Waals surface area contributed by atoms with Crippen LogP contribution in [0.5, 0.6) is 0 Å². The Bertz CT molecular complexity index is 613. The summed E-state index contributed by atoms with van der Waals surface area (Å²) >= 11 is 3.48. The van der Waals surface area contributed by atoms with Crippen molar-refractivity contribution in [1.82, 2.24) is 4.90 Å². The Kier molecular flexibility index (Phi) is 5.39. The predicted molar refractivity (Wildman–Crippen MR) is 90.4 cm³/mol. The number of rotatable bonds is 4. The Morgan fingerprint density at radius 1 is 1.19 bits per heavy atom. The molecule has 0 bridgehead atoms. The number of halogens is 1. The highest BCUT2D eigenvalue weighted by Crippen LogP contribution is 2.23. The number of amides is 2. The molecule has 2 rings (SSSR count). The van der Waals surface area contributed by atoms with Crippen LogP contribution < -0.4 is 5.32 Å². The first-order valence-corrected chi connectivity index (χ1v) is 7.75. The van der Waals surface area contributed by atoms with Gasteiger partial charge in [0.2, 0.25) is 0 Å². The van der Waals surface area contributed by atoms with Gasteiger partial charge in [-0.1, -0.05) is 36.4 Å². The van der Waals surface area contributed by atoms with Crippen molar-refractivity contribution < 1.29 is 4.79 Å². The van der Waals surface area contributed by atoms with E-state index in [0.717, 1.165) is 21.3 Å². The number of hydrogen-bond donors (Lipinski definition) is 1. The number of carbonyl (C=O) groups excluding carboxylic acids is 1. The Hall–Kier alpha value is -1.81. The largest absolute Gasteiger partial charge is 0.322 e. The van der Waals surface area contributed by atoms with Crippen molar-refractivity contribution in [2.75, 3.05) is 11.9 Å². The van der Waals surface area contributed by atoms with Crippen molar-refractivity contribution >= 4 is 27.6 Å². The van der Waals surface area contributed by atoms with Crippen LogP contribution in [0.25, 0.3) is 0 Å². The molecule has 0 spiro atoms. The first kappa shape index (κ1) is 15.6. The zero-order valence-corrected chi connectivity index (χ0v) is 13.9. The number of aryl methyl sites for hydroxylation is 1. The second-order valence-corrected chi connectivity index (χ2v) is 5.77. The van der Waals surface area contributed by atoms with Gasteiger partial charge in [0, 0.05) is 17.6 Å². The van der Waals surface area contributed by atoms with E-state index < -0.39 is 0 Å². The molecule has 21 heavy (non-hydrogen) atoms. The van der Waals surface area contributed by atoms with Gasteiger partial charge in [-0.3, -0.25) is 0 Å². The van der Waals surface area contributed by atoms with Gasteiger partial charge in [0.1, 0.15) is 0 Å². The number of nitrogens with one attached hydrogen (secondary N) is 1. The Morgan fingerprint density at radius 2 is 1.90 bits per heavy atom. The van der Waals surface area contributed by atoms with Crippen molar-refractivity contribution in [2.24, 2.45) is 0 Å². The standard InChI is InChI=1S/C17H19BrN2O/c1-3-20(12-14-7-5-4-6-8-14)17(21)19-16-10-9-13(2)11-15(16)18/h4-11H,3,12H2,1-2H3,(H,19,21). The second kappa shape index (κ2) is 7.27. The van der Waals surface area contributed by atoms with Gasteiger partial charge in [-0.2, -0.15) is 0 Å². The maximum atomic E-state index is 12.4. The monoisotopic (exact) mass is 346 g/mol. The van der Waals surface area contributed by atoms with E-state index in [1.165, 1.54) is 0 Å². The summed E-state index contributed by atoms with van der Waals surface area (Å²) in [4.78, 5) is 14.2. The first-order chi connectivity index (χ1) is 10.1. The lowest BCUT2D eigenvalue weighted by atomic mass is 10.2. The Labute approximate surface area is 134 Å². The third-order valence-electron chi connectivity index (χ3n) is 3.25. The maximum absolute atomic E-state index is 12.4.